The highest BCUT2D eigenvalue weighted by molar-refractivity contribution is 9.10. The number of Topliss-reactive ketones (excluding diaryl/α,β-unsaturated/α-hetero) is 1. The van der Waals surface area contributed by atoms with Crippen LogP contribution < -0.4 is 5.56 Å². The van der Waals surface area contributed by atoms with Crippen molar-refractivity contribution in [3.8, 4) is 0 Å². The van der Waals surface area contributed by atoms with Crippen LogP contribution in [0.15, 0.2) is 63.0 Å². The van der Waals surface area contributed by atoms with Crippen molar-refractivity contribution in [3.05, 3.63) is 68.9 Å². The van der Waals surface area contributed by atoms with Crippen LogP contribution in [-0.4, -0.2) is 58.2 Å². The highest BCUT2D eigenvalue weighted by Crippen LogP contribution is 2.21. The van der Waals surface area contributed by atoms with E-state index < -0.39 is 0 Å². The summed E-state index contributed by atoms with van der Waals surface area (Å²) in [5, 5.41) is 1.11. The number of morpholine rings is 1. The Hall–Kier alpha value is -2.49. The van der Waals surface area contributed by atoms with Gasteiger partial charge in [-0.1, -0.05) is 58.4 Å². The maximum atomic E-state index is 13.2. The molecule has 2 aromatic carbocycles. The van der Waals surface area contributed by atoms with Crippen molar-refractivity contribution in [1.82, 2.24) is 14.5 Å². The Morgan fingerprint density at radius 1 is 1.00 bits per heavy atom. The van der Waals surface area contributed by atoms with Gasteiger partial charge >= 0.3 is 0 Å². The lowest BCUT2D eigenvalue weighted by Gasteiger charge is -2.26. The van der Waals surface area contributed by atoms with Crippen LogP contribution >= 0.6 is 27.7 Å². The van der Waals surface area contributed by atoms with E-state index in [-0.39, 0.29) is 23.0 Å². The Morgan fingerprint density at radius 3 is 2.51 bits per heavy atom. The van der Waals surface area contributed by atoms with Gasteiger partial charge in [0.05, 0.1) is 29.9 Å². The average Bonchev–Trinajstić information content (AvgIpc) is 2.89. The molecular weight excluding hydrogens is 530 g/mol. The molecule has 7 nitrogen and oxygen atoms in total. The van der Waals surface area contributed by atoms with Crippen LogP contribution in [0.2, 0.25) is 0 Å². The molecule has 0 N–H and O–H groups in total. The first-order valence-corrected chi connectivity index (χ1v) is 13.6. The van der Waals surface area contributed by atoms with Crippen molar-refractivity contribution < 1.29 is 14.3 Å². The number of carbonyl (C=O) groups excluding carboxylic acids is 2. The van der Waals surface area contributed by atoms with Gasteiger partial charge in [-0.3, -0.25) is 19.0 Å². The largest absolute Gasteiger partial charge is 0.378 e. The van der Waals surface area contributed by atoms with E-state index >= 15 is 0 Å². The van der Waals surface area contributed by atoms with Crippen LogP contribution in [-0.2, 0) is 16.1 Å². The van der Waals surface area contributed by atoms with Crippen molar-refractivity contribution in [1.29, 1.82) is 0 Å². The smallest absolute Gasteiger partial charge is 0.262 e. The monoisotopic (exact) mass is 557 g/mol. The van der Waals surface area contributed by atoms with E-state index in [2.05, 4.69) is 15.9 Å². The highest BCUT2D eigenvalue weighted by atomic mass is 79.9. The van der Waals surface area contributed by atoms with Gasteiger partial charge in [-0.25, -0.2) is 4.98 Å². The van der Waals surface area contributed by atoms with Crippen molar-refractivity contribution in [2.45, 2.75) is 37.4 Å². The number of thioether (sulfide) groups is 1. The molecule has 0 aliphatic carbocycles. The van der Waals surface area contributed by atoms with Crippen molar-refractivity contribution >= 4 is 50.3 Å². The molecule has 0 bridgehead atoms. The number of ketones is 1. The molecule has 0 unspecified atom stereocenters. The zero-order chi connectivity index (χ0) is 24.6. The fourth-order valence-electron chi connectivity index (χ4n) is 4.00. The van der Waals surface area contributed by atoms with Crippen LogP contribution in [0.1, 0.15) is 36.0 Å². The van der Waals surface area contributed by atoms with E-state index in [9.17, 15) is 14.4 Å². The Bertz CT molecular complexity index is 1240. The Balaban J connectivity index is 1.40. The molecule has 184 valence electrons. The number of amides is 1. The molecule has 3 aromatic rings. The number of benzene rings is 2. The highest BCUT2D eigenvalue weighted by Gasteiger charge is 2.17. The fourth-order valence-corrected chi connectivity index (χ4v) is 5.18. The summed E-state index contributed by atoms with van der Waals surface area (Å²) in [6.07, 6.45) is 2.87. The third-order valence-corrected chi connectivity index (χ3v) is 7.47. The van der Waals surface area contributed by atoms with Crippen LogP contribution in [0.25, 0.3) is 10.9 Å². The molecule has 1 saturated heterocycles. The van der Waals surface area contributed by atoms with E-state index in [0.29, 0.717) is 60.9 Å². The summed E-state index contributed by atoms with van der Waals surface area (Å²) in [6.45, 7) is 3.03. The standard InChI is InChI=1S/C26H28BrN3O4S/c27-20-11-9-19(10-12-20)23(31)18-35-26-28-22-7-4-3-6-21(22)25(33)30(26)13-5-1-2-8-24(32)29-14-16-34-17-15-29/h3-4,6-7,9-12H,1-2,5,8,13-18H2. The number of hydrogen-bond acceptors (Lipinski definition) is 6. The third kappa shape index (κ3) is 6.80. The molecular formula is C26H28BrN3O4S. The molecule has 1 fully saturated rings. The number of fused-ring (bicyclic) bond motifs is 1. The lowest BCUT2D eigenvalue weighted by molar-refractivity contribution is -0.135. The summed E-state index contributed by atoms with van der Waals surface area (Å²) in [4.78, 5) is 44.8. The predicted octanol–water partition coefficient (Wildman–Crippen LogP) is 4.55. The van der Waals surface area contributed by atoms with Gasteiger partial charge in [-0.15, -0.1) is 0 Å². The first kappa shape index (κ1) is 25.6. The van der Waals surface area contributed by atoms with Crippen molar-refractivity contribution in [3.63, 3.8) is 0 Å². The van der Waals surface area contributed by atoms with E-state index in [1.807, 2.05) is 35.2 Å². The average molecular weight is 558 g/mol. The zero-order valence-corrected chi connectivity index (χ0v) is 21.9. The van der Waals surface area contributed by atoms with Gasteiger partial charge in [-0.2, -0.15) is 0 Å². The molecule has 1 aliphatic rings. The number of ether oxygens (including phenoxy) is 1. The SMILES string of the molecule is O=C(CSc1nc2ccccc2c(=O)n1CCCCCC(=O)N1CCOCC1)c1ccc(Br)cc1. The number of unbranched alkanes of at least 4 members (excludes halogenated alkanes) is 2. The molecule has 0 saturated carbocycles. The summed E-state index contributed by atoms with van der Waals surface area (Å²) >= 11 is 4.67. The number of nitrogens with zero attached hydrogens (tertiary/aromatic N) is 3. The van der Waals surface area contributed by atoms with Gasteiger partial charge in [0.25, 0.3) is 5.56 Å². The maximum Gasteiger partial charge on any atom is 0.262 e. The zero-order valence-electron chi connectivity index (χ0n) is 19.5. The van der Waals surface area contributed by atoms with Crippen LogP contribution in [0.4, 0.5) is 0 Å². The van der Waals surface area contributed by atoms with Gasteiger partial charge < -0.3 is 9.64 Å². The maximum absolute atomic E-state index is 13.2. The summed E-state index contributed by atoms with van der Waals surface area (Å²) in [5.41, 5.74) is 1.15. The van der Waals surface area contributed by atoms with Crippen LogP contribution in [0.5, 0.6) is 0 Å². The van der Waals surface area contributed by atoms with Gasteiger partial charge in [0.1, 0.15) is 0 Å². The summed E-state index contributed by atoms with van der Waals surface area (Å²) < 4.78 is 7.89. The second-order valence-electron chi connectivity index (χ2n) is 8.39. The molecule has 1 amide bonds. The topological polar surface area (TPSA) is 81.5 Å². The number of para-hydroxylation sites is 1. The minimum Gasteiger partial charge on any atom is -0.378 e. The molecule has 1 aliphatic heterocycles. The molecule has 0 atom stereocenters. The number of halogens is 1. The molecule has 2 heterocycles. The molecule has 35 heavy (non-hydrogen) atoms. The van der Waals surface area contributed by atoms with E-state index in [1.54, 1.807) is 22.8 Å². The molecule has 1 aromatic heterocycles. The molecule has 9 heteroatoms. The second kappa shape index (κ2) is 12.5. The van der Waals surface area contributed by atoms with Gasteiger partial charge in [0, 0.05) is 36.1 Å². The normalized spacial score (nSPS) is 13.8. The van der Waals surface area contributed by atoms with Crippen molar-refractivity contribution in [2.75, 3.05) is 32.1 Å². The summed E-state index contributed by atoms with van der Waals surface area (Å²) in [6, 6.07) is 14.5. The van der Waals surface area contributed by atoms with Crippen molar-refractivity contribution in [2.24, 2.45) is 0 Å². The minimum absolute atomic E-state index is 0.0157. The lowest BCUT2D eigenvalue weighted by Crippen LogP contribution is -2.40. The minimum atomic E-state index is -0.0985. The molecule has 4 rings (SSSR count). The summed E-state index contributed by atoms with van der Waals surface area (Å²) in [5.74, 6) is 0.346. The van der Waals surface area contributed by atoms with Gasteiger partial charge in [0.15, 0.2) is 10.9 Å². The first-order valence-electron chi connectivity index (χ1n) is 11.8. The number of carbonyl (C=O) groups is 2. The fraction of sp³-hybridized carbons (Fsp3) is 0.385. The van der Waals surface area contributed by atoms with Gasteiger partial charge in [-0.05, 0) is 37.1 Å². The van der Waals surface area contributed by atoms with E-state index in [0.717, 1.165) is 23.7 Å². The number of aromatic nitrogens is 2. The van der Waals surface area contributed by atoms with Crippen LogP contribution in [0.3, 0.4) is 0 Å². The quantitative estimate of drug-likeness (QED) is 0.157. The molecule has 0 spiro atoms. The lowest BCUT2D eigenvalue weighted by atomic mass is 10.1. The predicted molar refractivity (Wildman–Crippen MR) is 141 cm³/mol. The van der Waals surface area contributed by atoms with Gasteiger partial charge in [0.2, 0.25) is 5.91 Å². The number of rotatable bonds is 10. The first-order chi connectivity index (χ1) is 17.0. The Morgan fingerprint density at radius 2 is 1.74 bits per heavy atom. The third-order valence-electron chi connectivity index (χ3n) is 5.96. The second-order valence-corrected chi connectivity index (χ2v) is 10.2. The molecule has 0 radical (unpaired) electrons. The van der Waals surface area contributed by atoms with Crippen LogP contribution in [0, 0.1) is 0 Å². The Labute approximate surface area is 217 Å². The van der Waals surface area contributed by atoms with E-state index in [4.69, 9.17) is 9.72 Å². The van der Waals surface area contributed by atoms with E-state index in [1.165, 1.54) is 11.8 Å². The Kier molecular flexibility index (Phi) is 9.12. The summed E-state index contributed by atoms with van der Waals surface area (Å²) in [7, 11) is 0. The number of hydrogen-bond donors (Lipinski definition) is 0.